The van der Waals surface area contributed by atoms with Crippen LogP contribution in [0.15, 0.2) is 30.3 Å². The zero-order chi connectivity index (χ0) is 10.1. The monoisotopic (exact) mass is 200 g/mol. The first kappa shape index (κ1) is 9.17. The highest BCUT2D eigenvalue weighted by Gasteiger charge is 2.23. The maximum absolute atomic E-state index is 5.70. The summed E-state index contributed by atoms with van der Waals surface area (Å²) < 4.78 is 5.70. The molecule has 2 aliphatic rings. The minimum absolute atomic E-state index is 0.491. The van der Waals surface area contributed by atoms with Crippen molar-refractivity contribution in [1.29, 1.82) is 0 Å². The first-order valence-corrected chi connectivity index (χ1v) is 5.82. The number of rotatable bonds is 2. The number of hydrogen-bond acceptors (Lipinski definition) is 1. The third-order valence-corrected chi connectivity index (χ3v) is 3.44. The van der Waals surface area contributed by atoms with E-state index in [9.17, 15) is 0 Å². The molecule has 0 aromatic heterocycles. The van der Waals surface area contributed by atoms with Gasteiger partial charge in [0.15, 0.2) is 0 Å². The molecule has 0 amide bonds. The van der Waals surface area contributed by atoms with Crippen LogP contribution < -0.4 is 0 Å². The summed E-state index contributed by atoms with van der Waals surface area (Å²) in [6, 6.07) is 8.68. The standard InChI is InChI=1S/C14H16O/c1-2-6-14-11(4-1)7-8-12(14)10-13-5-3-9-15-13/h1-2,4,6-8,12-13H,3,5,9-10H2. The van der Waals surface area contributed by atoms with Crippen molar-refractivity contribution in [1.82, 2.24) is 0 Å². The molecule has 3 rings (SSSR count). The molecule has 0 spiro atoms. The van der Waals surface area contributed by atoms with Crippen LogP contribution in [-0.2, 0) is 4.74 Å². The Kier molecular flexibility index (Phi) is 2.34. The maximum atomic E-state index is 5.70. The normalized spacial score (nSPS) is 28.3. The van der Waals surface area contributed by atoms with Gasteiger partial charge < -0.3 is 4.74 Å². The van der Waals surface area contributed by atoms with Crippen molar-refractivity contribution in [3.63, 3.8) is 0 Å². The average Bonchev–Trinajstić information content (AvgIpc) is 2.89. The van der Waals surface area contributed by atoms with Crippen LogP contribution in [0.4, 0.5) is 0 Å². The van der Waals surface area contributed by atoms with Crippen LogP contribution in [0.3, 0.4) is 0 Å². The van der Waals surface area contributed by atoms with Gasteiger partial charge in [-0.3, -0.25) is 0 Å². The second-order valence-electron chi connectivity index (χ2n) is 4.47. The molecular weight excluding hydrogens is 184 g/mol. The van der Waals surface area contributed by atoms with Crippen LogP contribution in [0.2, 0.25) is 0 Å². The third kappa shape index (κ3) is 1.72. The van der Waals surface area contributed by atoms with E-state index >= 15 is 0 Å². The highest BCUT2D eigenvalue weighted by Crippen LogP contribution is 2.35. The minimum atomic E-state index is 0.491. The van der Waals surface area contributed by atoms with Gasteiger partial charge in [0.25, 0.3) is 0 Å². The fourth-order valence-electron chi connectivity index (χ4n) is 2.64. The Bertz CT molecular complexity index is 375. The summed E-state index contributed by atoms with van der Waals surface area (Å²) in [5.74, 6) is 0.587. The number of allylic oxidation sites excluding steroid dienone is 1. The molecule has 1 aromatic rings. The van der Waals surface area contributed by atoms with Gasteiger partial charge >= 0.3 is 0 Å². The molecule has 0 N–H and O–H groups in total. The Balaban J connectivity index is 1.76. The van der Waals surface area contributed by atoms with Crippen LogP contribution in [0.5, 0.6) is 0 Å². The predicted molar refractivity (Wildman–Crippen MR) is 61.8 cm³/mol. The van der Waals surface area contributed by atoms with Crippen molar-refractivity contribution in [2.75, 3.05) is 6.61 Å². The third-order valence-electron chi connectivity index (χ3n) is 3.44. The quantitative estimate of drug-likeness (QED) is 0.711. The van der Waals surface area contributed by atoms with Crippen molar-refractivity contribution >= 4 is 6.08 Å². The molecule has 15 heavy (non-hydrogen) atoms. The first-order valence-electron chi connectivity index (χ1n) is 5.82. The van der Waals surface area contributed by atoms with Crippen molar-refractivity contribution in [3.05, 3.63) is 41.5 Å². The van der Waals surface area contributed by atoms with Gasteiger partial charge in [-0.15, -0.1) is 0 Å². The van der Waals surface area contributed by atoms with Crippen LogP contribution in [0, 0.1) is 0 Å². The van der Waals surface area contributed by atoms with E-state index in [0.717, 1.165) is 13.0 Å². The lowest BCUT2D eigenvalue weighted by molar-refractivity contribution is 0.101. The van der Waals surface area contributed by atoms with E-state index in [1.807, 2.05) is 0 Å². The summed E-state index contributed by atoms with van der Waals surface area (Å²) in [7, 11) is 0. The fourth-order valence-corrected chi connectivity index (χ4v) is 2.64. The van der Waals surface area contributed by atoms with E-state index in [2.05, 4.69) is 36.4 Å². The summed E-state index contributed by atoms with van der Waals surface area (Å²) in [6.45, 7) is 0.961. The van der Waals surface area contributed by atoms with E-state index in [0.29, 0.717) is 12.0 Å². The van der Waals surface area contributed by atoms with Gasteiger partial charge in [0.2, 0.25) is 0 Å². The Hall–Kier alpha value is -1.08. The van der Waals surface area contributed by atoms with Gasteiger partial charge in [-0.05, 0) is 30.4 Å². The van der Waals surface area contributed by atoms with Gasteiger partial charge in [0.05, 0.1) is 6.10 Å². The van der Waals surface area contributed by atoms with Crippen LogP contribution in [0.1, 0.15) is 36.3 Å². The molecule has 1 aromatic carbocycles. The summed E-state index contributed by atoms with van der Waals surface area (Å²) in [4.78, 5) is 0. The lowest BCUT2D eigenvalue weighted by Crippen LogP contribution is -2.09. The van der Waals surface area contributed by atoms with Gasteiger partial charge in [0, 0.05) is 12.5 Å². The molecule has 1 nitrogen and oxygen atoms in total. The predicted octanol–water partition coefficient (Wildman–Crippen LogP) is 3.37. The molecule has 2 atom stereocenters. The van der Waals surface area contributed by atoms with E-state index < -0.39 is 0 Å². The molecule has 0 saturated carbocycles. The molecule has 1 heterocycles. The largest absolute Gasteiger partial charge is 0.378 e. The second kappa shape index (κ2) is 3.82. The topological polar surface area (TPSA) is 9.23 Å². The summed E-state index contributed by atoms with van der Waals surface area (Å²) in [5.41, 5.74) is 2.87. The van der Waals surface area contributed by atoms with Gasteiger partial charge in [0.1, 0.15) is 0 Å². The second-order valence-corrected chi connectivity index (χ2v) is 4.47. The van der Waals surface area contributed by atoms with Gasteiger partial charge in [-0.2, -0.15) is 0 Å². The fraction of sp³-hybridized carbons (Fsp3) is 0.429. The molecule has 78 valence electrons. The first-order chi connectivity index (χ1) is 7.43. The van der Waals surface area contributed by atoms with E-state index in [4.69, 9.17) is 4.74 Å². The number of fused-ring (bicyclic) bond motifs is 1. The van der Waals surface area contributed by atoms with Crippen molar-refractivity contribution in [2.45, 2.75) is 31.3 Å². The lowest BCUT2D eigenvalue weighted by atomic mass is 9.94. The molecule has 0 bridgehead atoms. The lowest BCUT2D eigenvalue weighted by Gasteiger charge is -2.15. The molecule has 0 radical (unpaired) electrons. The summed E-state index contributed by atoms with van der Waals surface area (Å²) in [5, 5.41) is 0. The average molecular weight is 200 g/mol. The smallest absolute Gasteiger partial charge is 0.0584 e. The van der Waals surface area contributed by atoms with Crippen LogP contribution in [-0.4, -0.2) is 12.7 Å². The molecule has 1 aliphatic heterocycles. The highest BCUT2D eigenvalue weighted by atomic mass is 16.5. The molecule has 1 fully saturated rings. The van der Waals surface area contributed by atoms with Crippen molar-refractivity contribution < 1.29 is 4.74 Å². The Labute approximate surface area is 90.8 Å². The minimum Gasteiger partial charge on any atom is -0.378 e. The SMILES string of the molecule is C1=CC(CC2CCCO2)c2ccccc21. The Morgan fingerprint density at radius 2 is 2.20 bits per heavy atom. The molecule has 1 aliphatic carbocycles. The molecule has 1 saturated heterocycles. The van der Waals surface area contributed by atoms with Crippen LogP contribution in [0.25, 0.3) is 6.08 Å². The van der Waals surface area contributed by atoms with E-state index in [1.54, 1.807) is 0 Å². The van der Waals surface area contributed by atoms with Crippen molar-refractivity contribution in [3.8, 4) is 0 Å². The Morgan fingerprint density at radius 3 is 3.07 bits per heavy atom. The Morgan fingerprint density at radius 1 is 1.27 bits per heavy atom. The summed E-state index contributed by atoms with van der Waals surface area (Å²) >= 11 is 0. The number of ether oxygens (including phenoxy) is 1. The van der Waals surface area contributed by atoms with E-state index in [1.165, 1.54) is 24.0 Å². The highest BCUT2D eigenvalue weighted by molar-refractivity contribution is 5.62. The molecular formula is C14H16O. The number of hydrogen-bond donors (Lipinski definition) is 0. The van der Waals surface area contributed by atoms with Gasteiger partial charge in [-0.1, -0.05) is 36.4 Å². The zero-order valence-electron chi connectivity index (χ0n) is 8.86. The summed E-state index contributed by atoms with van der Waals surface area (Å²) in [6.07, 6.45) is 8.70. The maximum Gasteiger partial charge on any atom is 0.0584 e. The van der Waals surface area contributed by atoms with Crippen LogP contribution >= 0.6 is 0 Å². The zero-order valence-corrected chi connectivity index (χ0v) is 8.86. The number of benzene rings is 1. The van der Waals surface area contributed by atoms with Gasteiger partial charge in [-0.25, -0.2) is 0 Å². The molecule has 1 heteroatoms. The molecule has 2 unspecified atom stereocenters. The van der Waals surface area contributed by atoms with Crippen molar-refractivity contribution in [2.24, 2.45) is 0 Å². The van der Waals surface area contributed by atoms with E-state index in [-0.39, 0.29) is 0 Å².